The third kappa shape index (κ3) is 7.65. The van der Waals surface area contributed by atoms with Crippen molar-refractivity contribution in [2.75, 3.05) is 19.6 Å². The Hall–Kier alpha value is -0.230. The van der Waals surface area contributed by atoms with Crippen molar-refractivity contribution in [1.82, 2.24) is 10.2 Å². The lowest BCUT2D eigenvalue weighted by molar-refractivity contribution is 0.125. The van der Waals surface area contributed by atoms with Crippen molar-refractivity contribution in [2.24, 2.45) is 5.73 Å². The molecule has 104 valence electrons. The Morgan fingerprint density at radius 1 is 1.53 bits per heavy atom. The lowest BCUT2D eigenvalue weighted by Crippen LogP contribution is -2.52. The molecule has 1 rings (SSSR count). The van der Waals surface area contributed by atoms with Gasteiger partial charge in [0.2, 0.25) is 0 Å². The Labute approximate surface area is 115 Å². The molecule has 0 aromatic rings. The van der Waals surface area contributed by atoms with Gasteiger partial charge in [-0.05, 0) is 26.7 Å². The van der Waals surface area contributed by atoms with E-state index in [1.807, 2.05) is 13.8 Å². The summed E-state index contributed by atoms with van der Waals surface area (Å²) in [6, 6.07) is 0.248. The van der Waals surface area contributed by atoms with E-state index in [-0.39, 0.29) is 36.4 Å². The molecule has 1 aliphatic rings. The van der Waals surface area contributed by atoms with Crippen molar-refractivity contribution in [3.8, 4) is 0 Å². The van der Waals surface area contributed by atoms with Crippen LogP contribution in [0.15, 0.2) is 0 Å². The lowest BCUT2D eigenvalue weighted by atomic mass is 10.0. The van der Waals surface area contributed by atoms with Crippen LogP contribution in [-0.2, 0) is 0 Å². The summed E-state index contributed by atoms with van der Waals surface area (Å²) in [6.07, 6.45) is 1.13. The Morgan fingerprint density at radius 3 is 2.59 bits per heavy atom. The average Bonchev–Trinajstić information content (AvgIpc) is 2.14. The molecule has 1 fully saturated rings. The van der Waals surface area contributed by atoms with E-state index in [0.717, 1.165) is 12.8 Å². The third-order valence-electron chi connectivity index (χ3n) is 2.54. The number of carbonyl (C=O) groups is 1. The van der Waals surface area contributed by atoms with Gasteiger partial charge < -0.3 is 21.1 Å². The predicted molar refractivity (Wildman–Crippen MR) is 73.4 cm³/mol. The van der Waals surface area contributed by atoms with E-state index < -0.39 is 6.09 Å². The van der Waals surface area contributed by atoms with E-state index in [0.29, 0.717) is 19.6 Å². The maximum absolute atomic E-state index is 10.8. The molecule has 1 heterocycles. The van der Waals surface area contributed by atoms with E-state index in [4.69, 9.17) is 10.8 Å². The SMILES string of the molecule is CC(C)(N)CNC1CCCN(C(=O)O)C1.Cl.Cl. The fourth-order valence-corrected chi connectivity index (χ4v) is 1.72. The minimum atomic E-state index is -0.825. The van der Waals surface area contributed by atoms with Crippen LogP contribution in [0.4, 0.5) is 4.79 Å². The maximum atomic E-state index is 10.8. The van der Waals surface area contributed by atoms with E-state index in [1.54, 1.807) is 0 Å². The number of nitrogens with one attached hydrogen (secondary N) is 1. The van der Waals surface area contributed by atoms with Crippen molar-refractivity contribution >= 4 is 30.9 Å². The minimum Gasteiger partial charge on any atom is -0.465 e. The first-order valence-electron chi connectivity index (χ1n) is 5.38. The summed E-state index contributed by atoms with van der Waals surface area (Å²) in [5.74, 6) is 0. The minimum absolute atomic E-state index is 0. The normalized spacial score (nSPS) is 20.2. The summed E-state index contributed by atoms with van der Waals surface area (Å²) >= 11 is 0. The molecule has 0 bridgehead atoms. The van der Waals surface area contributed by atoms with Crippen LogP contribution in [0, 0.1) is 0 Å². The zero-order chi connectivity index (χ0) is 11.5. The molecular formula is C10H23Cl2N3O2. The second kappa shape index (κ2) is 7.97. The number of nitrogens with zero attached hydrogens (tertiary/aromatic N) is 1. The van der Waals surface area contributed by atoms with Crippen LogP contribution in [0.1, 0.15) is 26.7 Å². The number of likely N-dealkylation sites (tertiary alicyclic amines) is 1. The van der Waals surface area contributed by atoms with Gasteiger partial charge in [0.15, 0.2) is 0 Å². The standard InChI is InChI=1S/C10H21N3O2.2ClH/c1-10(2,11)7-12-8-4-3-5-13(6-8)9(14)15;;/h8,12H,3-7,11H2,1-2H3,(H,14,15);2*1H. The highest BCUT2D eigenvalue weighted by Gasteiger charge is 2.23. The molecule has 0 spiro atoms. The van der Waals surface area contributed by atoms with Crippen LogP contribution in [0.2, 0.25) is 0 Å². The first-order chi connectivity index (χ1) is 6.88. The molecule has 1 saturated heterocycles. The van der Waals surface area contributed by atoms with Gasteiger partial charge in [0.1, 0.15) is 0 Å². The first-order valence-corrected chi connectivity index (χ1v) is 5.38. The zero-order valence-electron chi connectivity index (χ0n) is 10.3. The zero-order valence-corrected chi connectivity index (χ0v) is 11.9. The van der Waals surface area contributed by atoms with Gasteiger partial charge in [-0.1, -0.05) is 0 Å². The molecule has 0 aliphatic carbocycles. The summed E-state index contributed by atoms with van der Waals surface area (Å²) < 4.78 is 0. The van der Waals surface area contributed by atoms with Crippen LogP contribution < -0.4 is 11.1 Å². The van der Waals surface area contributed by atoms with Gasteiger partial charge >= 0.3 is 6.09 Å². The van der Waals surface area contributed by atoms with Gasteiger partial charge in [0.05, 0.1) is 0 Å². The Kier molecular flexibility index (Phi) is 8.97. The first kappa shape index (κ1) is 19.1. The quantitative estimate of drug-likeness (QED) is 0.731. The van der Waals surface area contributed by atoms with Crippen molar-refractivity contribution in [2.45, 2.75) is 38.3 Å². The van der Waals surface area contributed by atoms with E-state index >= 15 is 0 Å². The van der Waals surface area contributed by atoms with Crippen molar-refractivity contribution in [3.05, 3.63) is 0 Å². The molecule has 7 heteroatoms. The number of nitrogens with two attached hydrogens (primary N) is 1. The number of amides is 1. The molecule has 17 heavy (non-hydrogen) atoms. The van der Waals surface area contributed by atoms with Crippen molar-refractivity contribution < 1.29 is 9.90 Å². The predicted octanol–water partition coefficient (Wildman–Crippen LogP) is 1.30. The Bertz CT molecular complexity index is 234. The molecule has 1 atom stereocenters. The topological polar surface area (TPSA) is 78.6 Å². The molecule has 1 unspecified atom stereocenters. The summed E-state index contributed by atoms with van der Waals surface area (Å²) in [7, 11) is 0. The fourth-order valence-electron chi connectivity index (χ4n) is 1.72. The molecule has 0 aromatic heterocycles. The van der Waals surface area contributed by atoms with E-state index in [9.17, 15) is 4.79 Å². The van der Waals surface area contributed by atoms with E-state index in [1.165, 1.54) is 4.90 Å². The summed E-state index contributed by atoms with van der Waals surface area (Å²) in [5.41, 5.74) is 5.61. The number of carboxylic acid groups (broad SMARTS) is 1. The van der Waals surface area contributed by atoms with Crippen molar-refractivity contribution in [3.63, 3.8) is 0 Å². The van der Waals surface area contributed by atoms with Gasteiger partial charge in [0, 0.05) is 31.2 Å². The monoisotopic (exact) mass is 287 g/mol. The van der Waals surface area contributed by atoms with Crippen LogP contribution in [0.3, 0.4) is 0 Å². The molecule has 0 aromatic carbocycles. The number of hydrogen-bond acceptors (Lipinski definition) is 3. The van der Waals surface area contributed by atoms with Gasteiger partial charge in [-0.15, -0.1) is 24.8 Å². The number of piperidine rings is 1. The van der Waals surface area contributed by atoms with Crippen LogP contribution in [0.5, 0.6) is 0 Å². The Balaban J connectivity index is 0. The lowest BCUT2D eigenvalue weighted by Gasteiger charge is -2.33. The molecule has 0 radical (unpaired) electrons. The molecular weight excluding hydrogens is 265 g/mol. The maximum Gasteiger partial charge on any atom is 0.407 e. The molecule has 4 N–H and O–H groups in total. The van der Waals surface area contributed by atoms with Gasteiger partial charge in [0.25, 0.3) is 0 Å². The highest BCUT2D eigenvalue weighted by Crippen LogP contribution is 2.10. The van der Waals surface area contributed by atoms with Crippen LogP contribution >= 0.6 is 24.8 Å². The van der Waals surface area contributed by atoms with Gasteiger partial charge in [-0.3, -0.25) is 0 Å². The highest BCUT2D eigenvalue weighted by molar-refractivity contribution is 5.85. The average molecular weight is 288 g/mol. The molecule has 0 saturated carbocycles. The molecule has 5 nitrogen and oxygen atoms in total. The summed E-state index contributed by atoms with van der Waals surface area (Å²) in [5, 5.41) is 12.2. The Morgan fingerprint density at radius 2 is 2.12 bits per heavy atom. The van der Waals surface area contributed by atoms with Crippen molar-refractivity contribution in [1.29, 1.82) is 0 Å². The number of halogens is 2. The second-order valence-electron chi connectivity index (χ2n) is 4.94. The number of rotatable bonds is 3. The largest absolute Gasteiger partial charge is 0.465 e. The van der Waals surface area contributed by atoms with E-state index in [2.05, 4.69) is 5.32 Å². The second-order valence-corrected chi connectivity index (χ2v) is 4.94. The number of hydrogen-bond donors (Lipinski definition) is 3. The smallest absolute Gasteiger partial charge is 0.407 e. The van der Waals surface area contributed by atoms with Gasteiger partial charge in [-0.2, -0.15) is 0 Å². The van der Waals surface area contributed by atoms with Crippen LogP contribution in [0.25, 0.3) is 0 Å². The summed E-state index contributed by atoms with van der Waals surface area (Å²) in [6.45, 7) is 5.85. The van der Waals surface area contributed by atoms with Crippen LogP contribution in [-0.4, -0.2) is 47.3 Å². The molecule has 1 amide bonds. The fraction of sp³-hybridized carbons (Fsp3) is 0.900. The highest BCUT2D eigenvalue weighted by atomic mass is 35.5. The van der Waals surface area contributed by atoms with Gasteiger partial charge in [-0.25, -0.2) is 4.79 Å². The summed E-state index contributed by atoms with van der Waals surface area (Å²) in [4.78, 5) is 12.2. The molecule has 1 aliphatic heterocycles. The third-order valence-corrected chi connectivity index (χ3v) is 2.54.